The summed E-state index contributed by atoms with van der Waals surface area (Å²) < 4.78 is 2.06. The van der Waals surface area contributed by atoms with E-state index in [0.29, 0.717) is 11.4 Å². The first-order chi connectivity index (χ1) is 8.20. The number of alkyl halides is 1. The Labute approximate surface area is 109 Å². The third kappa shape index (κ3) is 3.23. The fraction of sp³-hybridized carbons (Fsp3) is 0.769. The summed E-state index contributed by atoms with van der Waals surface area (Å²) in [5.41, 5.74) is 2.36. The molecular formula is C13H22ClN3. The molecule has 2 unspecified atom stereocenters. The summed E-state index contributed by atoms with van der Waals surface area (Å²) in [5, 5.41) is 8.33. The van der Waals surface area contributed by atoms with Gasteiger partial charge in [0.25, 0.3) is 0 Å². The quantitative estimate of drug-likeness (QED) is 0.839. The number of halogens is 1. The van der Waals surface area contributed by atoms with E-state index in [0.717, 1.165) is 25.2 Å². The number of aryl methyl sites for hydroxylation is 2. The molecule has 1 N–H and O–H groups in total. The Hall–Kier alpha value is -0.540. The number of rotatable bonds is 4. The van der Waals surface area contributed by atoms with Crippen molar-refractivity contribution in [3.8, 4) is 0 Å². The van der Waals surface area contributed by atoms with E-state index in [1.54, 1.807) is 0 Å². The number of aromatic nitrogens is 2. The minimum absolute atomic E-state index is 0.294. The van der Waals surface area contributed by atoms with Crippen molar-refractivity contribution in [2.75, 3.05) is 0 Å². The van der Waals surface area contributed by atoms with Crippen molar-refractivity contribution in [2.24, 2.45) is 0 Å². The van der Waals surface area contributed by atoms with Gasteiger partial charge < -0.3 is 5.32 Å². The van der Waals surface area contributed by atoms with Crippen molar-refractivity contribution < 1.29 is 0 Å². The van der Waals surface area contributed by atoms with Crippen molar-refractivity contribution in [1.82, 2.24) is 15.1 Å². The zero-order valence-corrected chi connectivity index (χ0v) is 11.5. The summed E-state index contributed by atoms with van der Waals surface area (Å²) in [6.45, 7) is 5.98. The van der Waals surface area contributed by atoms with Crippen LogP contribution in [0.25, 0.3) is 0 Å². The van der Waals surface area contributed by atoms with Gasteiger partial charge in [0.1, 0.15) is 0 Å². The molecule has 0 amide bonds. The standard InChI is InChI=1S/C13H22ClN3/c1-3-17-11(8-10(2)16-17)9-15-13-7-5-4-6-12(13)14/h8,12-13,15H,3-7,9H2,1-2H3. The zero-order valence-electron chi connectivity index (χ0n) is 10.7. The van der Waals surface area contributed by atoms with Gasteiger partial charge in [0.15, 0.2) is 0 Å². The molecule has 1 fully saturated rings. The van der Waals surface area contributed by atoms with E-state index < -0.39 is 0 Å². The number of nitrogens with one attached hydrogen (secondary N) is 1. The second kappa shape index (κ2) is 5.87. The average molecular weight is 256 g/mol. The first kappa shape index (κ1) is 12.9. The predicted octanol–water partition coefficient (Wildman–Crippen LogP) is 2.85. The van der Waals surface area contributed by atoms with Gasteiger partial charge in [-0.1, -0.05) is 12.8 Å². The molecule has 0 aliphatic heterocycles. The van der Waals surface area contributed by atoms with Crippen LogP contribution in [0.4, 0.5) is 0 Å². The highest BCUT2D eigenvalue weighted by atomic mass is 35.5. The molecule has 17 heavy (non-hydrogen) atoms. The first-order valence-electron chi connectivity index (χ1n) is 6.61. The normalized spacial score (nSPS) is 25.1. The molecule has 0 saturated heterocycles. The minimum atomic E-state index is 0.294. The lowest BCUT2D eigenvalue weighted by molar-refractivity contribution is 0.373. The zero-order chi connectivity index (χ0) is 12.3. The van der Waals surface area contributed by atoms with Gasteiger partial charge in [-0.3, -0.25) is 4.68 Å². The minimum Gasteiger partial charge on any atom is -0.307 e. The van der Waals surface area contributed by atoms with E-state index in [2.05, 4.69) is 28.1 Å². The topological polar surface area (TPSA) is 29.9 Å². The van der Waals surface area contributed by atoms with Gasteiger partial charge in [-0.15, -0.1) is 11.6 Å². The molecule has 1 aliphatic carbocycles. The van der Waals surface area contributed by atoms with Gasteiger partial charge in [0, 0.05) is 24.5 Å². The highest BCUT2D eigenvalue weighted by Crippen LogP contribution is 2.23. The molecule has 1 aromatic rings. The van der Waals surface area contributed by atoms with Gasteiger partial charge in [0.05, 0.1) is 11.4 Å². The third-order valence-electron chi connectivity index (χ3n) is 3.51. The molecule has 1 aliphatic rings. The lowest BCUT2D eigenvalue weighted by Crippen LogP contribution is -2.39. The Kier molecular flexibility index (Phi) is 4.46. The summed E-state index contributed by atoms with van der Waals surface area (Å²) in [6, 6.07) is 2.62. The summed E-state index contributed by atoms with van der Waals surface area (Å²) in [7, 11) is 0. The Morgan fingerprint density at radius 1 is 1.47 bits per heavy atom. The van der Waals surface area contributed by atoms with E-state index in [1.807, 2.05) is 6.92 Å². The van der Waals surface area contributed by atoms with Crippen molar-refractivity contribution in [1.29, 1.82) is 0 Å². The SMILES string of the molecule is CCn1nc(C)cc1CNC1CCCCC1Cl. The van der Waals surface area contributed by atoms with Crippen LogP contribution in [0.3, 0.4) is 0 Å². The van der Waals surface area contributed by atoms with Crippen LogP contribution in [-0.4, -0.2) is 21.2 Å². The second-order valence-corrected chi connectivity index (χ2v) is 5.44. The van der Waals surface area contributed by atoms with Crippen LogP contribution in [0.5, 0.6) is 0 Å². The largest absolute Gasteiger partial charge is 0.307 e. The fourth-order valence-corrected chi connectivity index (χ4v) is 2.94. The Morgan fingerprint density at radius 2 is 2.24 bits per heavy atom. The molecule has 1 aromatic heterocycles. The van der Waals surface area contributed by atoms with Gasteiger partial charge in [-0.25, -0.2) is 0 Å². The molecule has 1 heterocycles. The van der Waals surface area contributed by atoms with E-state index >= 15 is 0 Å². The second-order valence-electron chi connectivity index (χ2n) is 4.88. The predicted molar refractivity (Wildman–Crippen MR) is 71.4 cm³/mol. The molecule has 0 aromatic carbocycles. The van der Waals surface area contributed by atoms with Crippen LogP contribution in [0.15, 0.2) is 6.07 Å². The van der Waals surface area contributed by atoms with Crippen molar-refractivity contribution in [2.45, 2.75) is 64.0 Å². The van der Waals surface area contributed by atoms with Gasteiger partial charge in [-0.2, -0.15) is 5.10 Å². The van der Waals surface area contributed by atoms with Crippen LogP contribution >= 0.6 is 11.6 Å². The molecule has 0 radical (unpaired) electrons. The summed E-state index contributed by atoms with van der Waals surface area (Å²) >= 11 is 6.34. The van der Waals surface area contributed by atoms with Crippen LogP contribution < -0.4 is 5.32 Å². The maximum absolute atomic E-state index is 6.34. The Bertz CT molecular complexity index is 362. The van der Waals surface area contributed by atoms with E-state index in [1.165, 1.54) is 25.0 Å². The molecule has 96 valence electrons. The lowest BCUT2D eigenvalue weighted by atomic mass is 9.95. The summed E-state index contributed by atoms with van der Waals surface area (Å²) in [6.07, 6.45) is 4.92. The van der Waals surface area contributed by atoms with Crippen LogP contribution in [0, 0.1) is 6.92 Å². The van der Waals surface area contributed by atoms with E-state index in [9.17, 15) is 0 Å². The maximum Gasteiger partial charge on any atom is 0.0597 e. The van der Waals surface area contributed by atoms with Gasteiger partial charge in [-0.05, 0) is 32.8 Å². The van der Waals surface area contributed by atoms with Gasteiger partial charge in [0.2, 0.25) is 0 Å². The molecular weight excluding hydrogens is 234 g/mol. The average Bonchev–Trinajstić information content (AvgIpc) is 2.69. The Balaban J connectivity index is 1.92. The summed E-state index contributed by atoms with van der Waals surface area (Å²) in [5.74, 6) is 0. The number of hydrogen-bond acceptors (Lipinski definition) is 2. The molecule has 3 nitrogen and oxygen atoms in total. The molecule has 0 bridgehead atoms. The molecule has 0 spiro atoms. The van der Waals surface area contributed by atoms with Gasteiger partial charge >= 0.3 is 0 Å². The molecule has 1 saturated carbocycles. The first-order valence-corrected chi connectivity index (χ1v) is 7.05. The number of nitrogens with zero attached hydrogens (tertiary/aromatic N) is 2. The molecule has 2 rings (SSSR count). The fourth-order valence-electron chi connectivity index (χ4n) is 2.57. The van der Waals surface area contributed by atoms with Crippen molar-refractivity contribution >= 4 is 11.6 Å². The maximum atomic E-state index is 6.34. The highest BCUT2D eigenvalue weighted by Gasteiger charge is 2.22. The summed E-state index contributed by atoms with van der Waals surface area (Å²) in [4.78, 5) is 0. The highest BCUT2D eigenvalue weighted by molar-refractivity contribution is 6.21. The smallest absolute Gasteiger partial charge is 0.0597 e. The Morgan fingerprint density at radius 3 is 2.94 bits per heavy atom. The van der Waals surface area contributed by atoms with E-state index in [-0.39, 0.29) is 0 Å². The monoisotopic (exact) mass is 255 g/mol. The van der Waals surface area contributed by atoms with Crippen LogP contribution in [-0.2, 0) is 13.1 Å². The molecule has 4 heteroatoms. The number of hydrogen-bond donors (Lipinski definition) is 1. The van der Waals surface area contributed by atoms with Crippen LogP contribution in [0.2, 0.25) is 0 Å². The van der Waals surface area contributed by atoms with Crippen LogP contribution in [0.1, 0.15) is 44.0 Å². The third-order valence-corrected chi connectivity index (χ3v) is 4.03. The van der Waals surface area contributed by atoms with Crippen molar-refractivity contribution in [3.05, 3.63) is 17.5 Å². The van der Waals surface area contributed by atoms with Crippen molar-refractivity contribution in [3.63, 3.8) is 0 Å². The lowest BCUT2D eigenvalue weighted by Gasteiger charge is -2.28. The van der Waals surface area contributed by atoms with E-state index in [4.69, 9.17) is 11.6 Å². The molecule has 2 atom stereocenters.